The Morgan fingerprint density at radius 3 is 1.19 bits per heavy atom. The molecule has 3 saturated heterocycles. The van der Waals surface area contributed by atoms with Gasteiger partial charge in [0.15, 0.2) is 5.78 Å². The highest BCUT2D eigenvalue weighted by molar-refractivity contribution is 9.10. The van der Waals surface area contributed by atoms with Crippen molar-refractivity contribution in [3.05, 3.63) is 223 Å². The van der Waals surface area contributed by atoms with Gasteiger partial charge < -0.3 is 40.1 Å². The Morgan fingerprint density at radius 1 is 0.521 bits per heavy atom. The number of fused-ring (bicyclic) bond motifs is 3. The Bertz CT molecular complexity index is 4000. The summed E-state index contributed by atoms with van der Waals surface area (Å²) in [6.45, 7) is 17.2. The van der Waals surface area contributed by atoms with E-state index >= 15 is 0 Å². The minimum absolute atomic E-state index is 0.166. The van der Waals surface area contributed by atoms with Gasteiger partial charge in [0.05, 0.1) is 41.0 Å². The van der Waals surface area contributed by atoms with E-state index in [4.69, 9.17) is 5.11 Å². The first-order valence-electron chi connectivity index (χ1n) is 32.6. The molecule has 0 bridgehead atoms. The third-order valence-corrected chi connectivity index (χ3v) is 18.9. The number of H-pyrrole nitrogens is 3. The van der Waals surface area contributed by atoms with E-state index in [1.54, 1.807) is 38.1 Å². The number of likely N-dealkylation sites (tertiary alicyclic amines) is 3. The number of nitrogens with zero attached hydrogens (tertiary/aromatic N) is 3. The van der Waals surface area contributed by atoms with Crippen molar-refractivity contribution in [2.75, 3.05) is 53.0 Å². The molecule has 0 saturated carbocycles. The van der Waals surface area contributed by atoms with Gasteiger partial charge in [-0.05, 0) is 200 Å². The fraction of sp³-hybridized carbons (Fsp3) is 0.377. The van der Waals surface area contributed by atoms with E-state index in [-0.39, 0.29) is 29.3 Å². The topological polar surface area (TPSA) is 181 Å². The SMILES string of the molecule is CC(C)(O)c1[nH]c2ccccc2c1C1CCCN(Cc2ccc(/C=C/C(=O)CO)cc2F)C1.CC(C)(O)c1[nH]c2ccccc2c1C1CCCN(Cc2ccc(Br)cc2F)C1.COC(=O)/C=C/c1ccc(CN2CCCC(c3c(C(C)(C)O)[nH]c4ccccc34)C2)c(F)c1. The van der Waals surface area contributed by atoms with Crippen LogP contribution in [0.3, 0.4) is 0 Å². The number of aromatic nitrogens is 3. The summed E-state index contributed by atoms with van der Waals surface area (Å²) in [4.78, 5) is 39.7. The Kier molecular flexibility index (Phi) is 22.2. The number of ketones is 1. The Labute approximate surface area is 557 Å². The second kappa shape index (κ2) is 30.1. The average molecular weight is 1350 g/mol. The van der Waals surface area contributed by atoms with Gasteiger partial charge >= 0.3 is 5.97 Å². The third kappa shape index (κ3) is 17.0. The maximum absolute atomic E-state index is 14.8. The van der Waals surface area contributed by atoms with Crippen LogP contribution >= 0.6 is 15.9 Å². The highest BCUT2D eigenvalue weighted by atomic mass is 79.9. The number of carbonyl (C=O) groups excluding carboxylic acids is 2. The van der Waals surface area contributed by atoms with Gasteiger partial charge in [-0.1, -0.05) is 107 Å². The smallest absolute Gasteiger partial charge is 0.330 e. The summed E-state index contributed by atoms with van der Waals surface area (Å²) in [5, 5.41) is 44.7. The predicted molar refractivity (Wildman–Crippen MR) is 371 cm³/mol. The second-order valence-corrected chi connectivity index (χ2v) is 27.9. The summed E-state index contributed by atoms with van der Waals surface area (Å²) in [6.07, 6.45) is 11.8. The molecule has 3 aliphatic heterocycles. The number of aliphatic hydroxyl groups is 4. The highest BCUT2D eigenvalue weighted by Gasteiger charge is 2.35. The summed E-state index contributed by atoms with van der Waals surface area (Å²) < 4.78 is 49.2. The van der Waals surface area contributed by atoms with E-state index in [1.807, 2.05) is 94.4 Å². The van der Waals surface area contributed by atoms with Crippen LogP contribution in [0.4, 0.5) is 13.2 Å². The molecule has 0 amide bonds. The van der Waals surface area contributed by atoms with Gasteiger partial charge in [-0.15, -0.1) is 0 Å². The Hall–Kier alpha value is -7.45. The van der Waals surface area contributed by atoms with Crippen molar-refractivity contribution in [2.24, 2.45) is 0 Å². The molecule has 13 nitrogen and oxygen atoms in total. The van der Waals surface area contributed by atoms with Crippen LogP contribution in [-0.2, 0) is 50.8 Å². The van der Waals surface area contributed by atoms with Gasteiger partial charge in [-0.25, -0.2) is 18.0 Å². The minimum Gasteiger partial charge on any atom is -0.466 e. The van der Waals surface area contributed by atoms with E-state index in [0.29, 0.717) is 47.8 Å². The molecule has 3 fully saturated rings. The number of ether oxygens (including phenoxy) is 1. The first-order valence-corrected chi connectivity index (χ1v) is 33.4. The molecule has 7 N–H and O–H groups in total. The first-order chi connectivity index (χ1) is 44.8. The van der Waals surface area contributed by atoms with Crippen molar-refractivity contribution >= 4 is 72.5 Å². The number of aromatic amines is 3. The lowest BCUT2D eigenvalue weighted by Gasteiger charge is -2.34. The number of esters is 1. The normalized spacial score (nSPS) is 18.0. The number of carbonyl (C=O) groups is 2. The van der Waals surface area contributed by atoms with E-state index in [1.165, 1.54) is 60.1 Å². The lowest BCUT2D eigenvalue weighted by Crippen LogP contribution is -2.35. The summed E-state index contributed by atoms with van der Waals surface area (Å²) in [5.74, 6) is -0.838. The van der Waals surface area contributed by atoms with Crippen molar-refractivity contribution in [3.63, 3.8) is 0 Å². The molecular formula is C77H88BrF3N6O7. The highest BCUT2D eigenvalue weighted by Crippen LogP contribution is 2.43. The Balaban J connectivity index is 0.000000155. The number of benzene rings is 6. The van der Waals surface area contributed by atoms with Gasteiger partial charge in [0.1, 0.15) is 24.1 Å². The Morgan fingerprint density at radius 2 is 0.862 bits per heavy atom. The van der Waals surface area contributed by atoms with Crippen LogP contribution in [0, 0.1) is 17.5 Å². The van der Waals surface area contributed by atoms with Crippen LogP contribution < -0.4 is 0 Å². The first kappa shape index (κ1) is 69.4. The molecule has 6 heterocycles. The zero-order valence-corrected chi connectivity index (χ0v) is 56.4. The standard InChI is InChI=1S/2C27H31FN2O3.C23H26BrFN2O/c1-27(2,32)26-25(21-8-4-5-9-23(21)29-26)20-7-6-14-30(17-20)16-19-12-10-18(15-22(19)28)11-13-24(31)33-3;1-27(2,33)26-25(22-7-3-4-8-24(22)29-26)20-6-5-13-30(16-20)15-19-11-9-18(14-23(19)28)10-12-21(32)17-31;1-23(2,28)22-21(18-7-3-4-8-20(18)26-22)16-6-5-11-27(14-16)13-15-9-10-17(24)12-19(15)25/h4-5,8-13,15,20,29,32H,6-7,14,16-17H2,1-3H3;3-4,7-12,14,20,29,31,33H,5-6,13,15-17H2,1-2H3;3-4,7-10,12,16,26,28H,5-6,11,13-14H2,1-2H3/b13-11+;12-10+;. The van der Waals surface area contributed by atoms with Gasteiger partial charge in [0, 0.05) is 99.2 Å². The van der Waals surface area contributed by atoms with Crippen LogP contribution in [0.15, 0.2) is 144 Å². The number of piperidine rings is 3. The molecule has 6 aromatic carbocycles. The maximum atomic E-state index is 14.8. The molecule has 12 rings (SSSR count). The molecule has 0 radical (unpaired) electrons. The van der Waals surface area contributed by atoms with Gasteiger partial charge in [-0.2, -0.15) is 0 Å². The molecule has 0 aliphatic carbocycles. The number of para-hydroxylation sites is 3. The number of rotatable bonds is 17. The van der Waals surface area contributed by atoms with Crippen molar-refractivity contribution in [1.82, 2.24) is 29.7 Å². The van der Waals surface area contributed by atoms with Gasteiger partial charge in [0.25, 0.3) is 0 Å². The quantitative estimate of drug-likeness (QED) is 0.0342. The minimum atomic E-state index is -0.983. The van der Waals surface area contributed by atoms with E-state index < -0.39 is 35.2 Å². The van der Waals surface area contributed by atoms with Crippen molar-refractivity contribution < 1.29 is 47.9 Å². The van der Waals surface area contributed by atoms with E-state index in [2.05, 4.69) is 74.6 Å². The molecule has 0 spiro atoms. The molecule has 17 heteroatoms. The summed E-state index contributed by atoms with van der Waals surface area (Å²) >= 11 is 3.33. The molecule has 9 aromatic rings. The van der Waals surface area contributed by atoms with Crippen molar-refractivity contribution in [1.29, 1.82) is 0 Å². The lowest BCUT2D eigenvalue weighted by atomic mass is 9.85. The number of hydrogen-bond donors (Lipinski definition) is 7. The van der Waals surface area contributed by atoms with E-state index in [9.17, 15) is 38.1 Å². The number of methoxy groups -OCH3 is 1. The van der Waals surface area contributed by atoms with Crippen LogP contribution in [-0.4, -0.2) is 115 Å². The fourth-order valence-electron chi connectivity index (χ4n) is 14.0. The number of aliphatic hydroxyl groups excluding tert-OH is 1. The molecule has 3 aliphatic rings. The molecular weight excluding hydrogens is 1260 g/mol. The molecule has 496 valence electrons. The number of hydrogen-bond acceptors (Lipinski definition) is 10. The van der Waals surface area contributed by atoms with E-state index in [0.717, 1.165) is 138 Å². The summed E-state index contributed by atoms with van der Waals surface area (Å²) in [5.41, 5.74) is 9.57. The van der Waals surface area contributed by atoms with Crippen LogP contribution in [0.5, 0.6) is 0 Å². The predicted octanol–water partition coefficient (Wildman–Crippen LogP) is 15.3. The number of nitrogens with one attached hydrogen (secondary N) is 3. The zero-order valence-electron chi connectivity index (χ0n) is 54.8. The average Bonchev–Trinajstić information content (AvgIpc) is 1.62. The van der Waals surface area contributed by atoms with Crippen LogP contribution in [0.2, 0.25) is 0 Å². The third-order valence-electron chi connectivity index (χ3n) is 18.4. The monoisotopic (exact) mass is 1340 g/mol. The molecule has 3 unspecified atom stereocenters. The number of halogens is 4. The summed E-state index contributed by atoms with van der Waals surface area (Å²) in [7, 11) is 1.31. The van der Waals surface area contributed by atoms with Crippen LogP contribution in [0.1, 0.15) is 159 Å². The van der Waals surface area contributed by atoms with Gasteiger partial charge in [-0.3, -0.25) is 19.5 Å². The molecule has 3 atom stereocenters. The van der Waals surface area contributed by atoms with Gasteiger partial charge in [0.2, 0.25) is 0 Å². The molecule has 94 heavy (non-hydrogen) atoms. The zero-order chi connectivity index (χ0) is 67.1. The van der Waals surface area contributed by atoms with Crippen molar-refractivity contribution in [3.8, 4) is 0 Å². The summed E-state index contributed by atoms with van der Waals surface area (Å²) in [6, 6.07) is 39.9. The van der Waals surface area contributed by atoms with Crippen LogP contribution in [0.25, 0.3) is 44.9 Å². The van der Waals surface area contributed by atoms with Crippen molar-refractivity contribution in [2.45, 2.75) is 134 Å². The molecule has 3 aromatic heterocycles. The largest absolute Gasteiger partial charge is 0.466 e. The fourth-order valence-corrected chi connectivity index (χ4v) is 14.3. The second-order valence-electron chi connectivity index (χ2n) is 27.0. The maximum Gasteiger partial charge on any atom is 0.330 e. The lowest BCUT2D eigenvalue weighted by molar-refractivity contribution is -0.134.